The van der Waals surface area contributed by atoms with Crippen LogP contribution in [0, 0.1) is 0 Å². The highest BCUT2D eigenvalue weighted by molar-refractivity contribution is 6.04. The molecule has 0 saturated heterocycles. The lowest BCUT2D eigenvalue weighted by Gasteiger charge is -2.07. The van der Waals surface area contributed by atoms with Crippen molar-refractivity contribution in [3.8, 4) is 0 Å². The monoisotopic (exact) mass is 284 g/mol. The van der Waals surface area contributed by atoms with E-state index in [9.17, 15) is 9.59 Å². The Kier molecular flexibility index (Phi) is 3.35. The second-order valence-electron chi connectivity index (χ2n) is 5.13. The number of benzene rings is 1. The molecule has 1 aliphatic carbocycles. The standard InChI is InChI=1S/C15H16N4O2/c16-10-7-13(17-8-10)15(21)19-12-3-1-2-9(6-12)14(20)18-11-4-5-11/h1-3,6-8,11,17H,4-5,16H2,(H,18,20)(H,19,21). The van der Waals surface area contributed by atoms with Crippen LogP contribution >= 0.6 is 0 Å². The molecule has 1 aliphatic rings. The highest BCUT2D eigenvalue weighted by Gasteiger charge is 2.23. The number of carbonyl (C=O) groups is 2. The molecular formula is C15H16N4O2. The third kappa shape index (κ3) is 3.22. The molecule has 1 fully saturated rings. The summed E-state index contributed by atoms with van der Waals surface area (Å²) in [5.41, 5.74) is 7.53. The van der Waals surface area contributed by atoms with Crippen molar-refractivity contribution in [2.75, 3.05) is 11.1 Å². The molecule has 21 heavy (non-hydrogen) atoms. The van der Waals surface area contributed by atoms with Gasteiger partial charge in [0.05, 0.1) is 0 Å². The van der Waals surface area contributed by atoms with Crippen LogP contribution in [-0.2, 0) is 0 Å². The molecule has 2 aromatic rings. The van der Waals surface area contributed by atoms with E-state index in [2.05, 4.69) is 15.6 Å². The zero-order chi connectivity index (χ0) is 14.8. The highest BCUT2D eigenvalue weighted by Crippen LogP contribution is 2.20. The Labute approximate surface area is 121 Å². The summed E-state index contributed by atoms with van der Waals surface area (Å²) in [4.78, 5) is 26.7. The van der Waals surface area contributed by atoms with Gasteiger partial charge in [0.15, 0.2) is 0 Å². The molecule has 0 spiro atoms. The number of aromatic amines is 1. The molecule has 1 aromatic heterocycles. The Morgan fingerprint density at radius 2 is 2.00 bits per heavy atom. The number of H-pyrrole nitrogens is 1. The van der Waals surface area contributed by atoms with E-state index in [4.69, 9.17) is 5.73 Å². The molecule has 6 nitrogen and oxygen atoms in total. The summed E-state index contributed by atoms with van der Waals surface area (Å²) in [6.07, 6.45) is 3.63. The van der Waals surface area contributed by atoms with Crippen LogP contribution in [0.1, 0.15) is 33.7 Å². The first-order valence-electron chi connectivity index (χ1n) is 6.78. The summed E-state index contributed by atoms with van der Waals surface area (Å²) in [5, 5.41) is 5.64. The molecule has 108 valence electrons. The van der Waals surface area contributed by atoms with Gasteiger partial charge in [-0.1, -0.05) is 6.07 Å². The average molecular weight is 284 g/mol. The van der Waals surface area contributed by atoms with Crippen LogP contribution in [0.5, 0.6) is 0 Å². The van der Waals surface area contributed by atoms with Crippen LogP contribution in [0.3, 0.4) is 0 Å². The Hall–Kier alpha value is -2.76. The van der Waals surface area contributed by atoms with Crippen molar-refractivity contribution in [3.05, 3.63) is 47.8 Å². The average Bonchev–Trinajstić information content (AvgIpc) is 3.17. The number of hydrogen-bond acceptors (Lipinski definition) is 3. The van der Waals surface area contributed by atoms with Gasteiger partial charge in [0.2, 0.25) is 0 Å². The van der Waals surface area contributed by atoms with E-state index in [1.54, 1.807) is 36.5 Å². The van der Waals surface area contributed by atoms with Crippen LogP contribution in [0.4, 0.5) is 11.4 Å². The number of nitrogens with two attached hydrogens (primary N) is 1. The zero-order valence-electron chi connectivity index (χ0n) is 11.3. The van der Waals surface area contributed by atoms with Gasteiger partial charge >= 0.3 is 0 Å². The van der Waals surface area contributed by atoms with Gasteiger partial charge in [0.25, 0.3) is 11.8 Å². The summed E-state index contributed by atoms with van der Waals surface area (Å²) >= 11 is 0. The molecule has 0 unspecified atom stereocenters. The zero-order valence-corrected chi connectivity index (χ0v) is 11.3. The predicted octanol–water partition coefficient (Wildman–Crippen LogP) is 1.74. The lowest BCUT2D eigenvalue weighted by atomic mass is 10.2. The number of carbonyl (C=O) groups excluding carboxylic acids is 2. The maximum Gasteiger partial charge on any atom is 0.272 e. The van der Waals surface area contributed by atoms with Gasteiger partial charge in [0, 0.05) is 29.2 Å². The smallest absolute Gasteiger partial charge is 0.272 e. The maximum atomic E-state index is 12.0. The number of rotatable bonds is 4. The van der Waals surface area contributed by atoms with E-state index in [-0.39, 0.29) is 11.8 Å². The molecule has 0 bridgehead atoms. The van der Waals surface area contributed by atoms with Gasteiger partial charge in [-0.25, -0.2) is 0 Å². The minimum atomic E-state index is -0.300. The van der Waals surface area contributed by atoms with E-state index in [0.717, 1.165) is 12.8 Å². The van der Waals surface area contributed by atoms with E-state index in [0.29, 0.717) is 28.7 Å². The van der Waals surface area contributed by atoms with Crippen molar-refractivity contribution >= 4 is 23.2 Å². The van der Waals surface area contributed by atoms with Crippen molar-refractivity contribution < 1.29 is 9.59 Å². The Bertz CT molecular complexity index is 688. The van der Waals surface area contributed by atoms with Gasteiger partial charge in [-0.15, -0.1) is 0 Å². The molecular weight excluding hydrogens is 268 g/mol. The largest absolute Gasteiger partial charge is 0.397 e. The van der Waals surface area contributed by atoms with E-state index in [1.165, 1.54) is 0 Å². The van der Waals surface area contributed by atoms with Crippen LogP contribution in [0.25, 0.3) is 0 Å². The van der Waals surface area contributed by atoms with Crippen molar-refractivity contribution in [1.29, 1.82) is 0 Å². The Morgan fingerprint density at radius 3 is 2.67 bits per heavy atom. The molecule has 0 atom stereocenters. The minimum Gasteiger partial charge on any atom is -0.397 e. The normalized spacial score (nSPS) is 13.7. The Balaban J connectivity index is 1.70. The third-order valence-corrected chi connectivity index (χ3v) is 3.25. The molecule has 3 rings (SSSR count). The second kappa shape index (κ2) is 5.32. The van der Waals surface area contributed by atoms with Gasteiger partial charge in [0.1, 0.15) is 5.69 Å². The fourth-order valence-corrected chi connectivity index (χ4v) is 1.98. The lowest BCUT2D eigenvalue weighted by Crippen LogP contribution is -2.25. The summed E-state index contributed by atoms with van der Waals surface area (Å²) in [7, 11) is 0. The van der Waals surface area contributed by atoms with E-state index >= 15 is 0 Å². The number of amides is 2. The van der Waals surface area contributed by atoms with Gasteiger partial charge < -0.3 is 21.4 Å². The third-order valence-electron chi connectivity index (χ3n) is 3.25. The van der Waals surface area contributed by atoms with Crippen LogP contribution in [0.15, 0.2) is 36.5 Å². The highest BCUT2D eigenvalue weighted by atomic mass is 16.2. The van der Waals surface area contributed by atoms with Crippen LogP contribution in [-0.4, -0.2) is 22.8 Å². The molecule has 6 heteroatoms. The number of hydrogen-bond donors (Lipinski definition) is 4. The quantitative estimate of drug-likeness (QED) is 0.688. The number of aromatic nitrogens is 1. The van der Waals surface area contributed by atoms with Crippen LogP contribution in [0.2, 0.25) is 0 Å². The predicted molar refractivity (Wildman–Crippen MR) is 80.1 cm³/mol. The maximum absolute atomic E-state index is 12.0. The SMILES string of the molecule is Nc1c[nH]c(C(=O)Nc2cccc(C(=O)NC3CC3)c2)c1. The summed E-state index contributed by atoms with van der Waals surface area (Å²) < 4.78 is 0. The summed E-state index contributed by atoms with van der Waals surface area (Å²) in [5.74, 6) is -0.413. The number of anilines is 2. The first-order chi connectivity index (χ1) is 10.1. The van der Waals surface area contributed by atoms with Crippen molar-refractivity contribution in [2.45, 2.75) is 18.9 Å². The molecule has 1 aromatic carbocycles. The van der Waals surface area contributed by atoms with Gasteiger partial charge in [-0.2, -0.15) is 0 Å². The summed E-state index contributed by atoms with van der Waals surface area (Å²) in [6.45, 7) is 0. The molecule has 5 N–H and O–H groups in total. The van der Waals surface area contributed by atoms with Crippen molar-refractivity contribution in [2.24, 2.45) is 0 Å². The first-order valence-corrected chi connectivity index (χ1v) is 6.78. The fraction of sp³-hybridized carbons (Fsp3) is 0.200. The number of nitrogen functional groups attached to an aromatic ring is 1. The minimum absolute atomic E-state index is 0.113. The molecule has 1 saturated carbocycles. The lowest BCUT2D eigenvalue weighted by molar-refractivity contribution is 0.0949. The van der Waals surface area contributed by atoms with Crippen LogP contribution < -0.4 is 16.4 Å². The van der Waals surface area contributed by atoms with E-state index < -0.39 is 0 Å². The topological polar surface area (TPSA) is 100 Å². The van der Waals surface area contributed by atoms with Gasteiger partial charge in [-0.05, 0) is 37.1 Å². The van der Waals surface area contributed by atoms with Gasteiger partial charge in [-0.3, -0.25) is 9.59 Å². The van der Waals surface area contributed by atoms with Crippen molar-refractivity contribution in [1.82, 2.24) is 10.3 Å². The molecule has 0 radical (unpaired) electrons. The second-order valence-corrected chi connectivity index (χ2v) is 5.13. The molecule has 2 amide bonds. The number of nitrogens with one attached hydrogen (secondary N) is 3. The fourth-order valence-electron chi connectivity index (χ4n) is 1.98. The first kappa shape index (κ1) is 13.2. The molecule has 1 heterocycles. The summed E-state index contributed by atoms with van der Waals surface area (Å²) in [6, 6.07) is 8.71. The van der Waals surface area contributed by atoms with Crippen molar-refractivity contribution in [3.63, 3.8) is 0 Å². The Morgan fingerprint density at radius 1 is 1.19 bits per heavy atom. The van der Waals surface area contributed by atoms with E-state index in [1.807, 2.05) is 0 Å². The molecule has 0 aliphatic heterocycles.